The Kier molecular flexibility index (Phi) is 0.637. The van der Waals surface area contributed by atoms with Crippen molar-refractivity contribution in [2.75, 3.05) is 0 Å². The first-order valence-corrected chi connectivity index (χ1v) is 3.10. The Bertz CT molecular complexity index is 143. The van der Waals surface area contributed by atoms with Gasteiger partial charge >= 0.3 is 0 Å². The van der Waals surface area contributed by atoms with E-state index in [0.29, 0.717) is 11.7 Å². The summed E-state index contributed by atoms with van der Waals surface area (Å²) < 4.78 is 0. The van der Waals surface area contributed by atoms with E-state index in [-0.39, 0.29) is 12.0 Å². The Hall–Kier alpha value is -0.370. The average molecular weight is 111 g/mol. The van der Waals surface area contributed by atoms with Crippen LogP contribution in [-0.2, 0) is 4.79 Å². The van der Waals surface area contributed by atoms with E-state index in [9.17, 15) is 4.79 Å². The van der Waals surface area contributed by atoms with Crippen LogP contribution in [-0.4, -0.2) is 11.8 Å². The van der Waals surface area contributed by atoms with Gasteiger partial charge in [-0.25, -0.2) is 0 Å². The summed E-state index contributed by atoms with van der Waals surface area (Å²) in [5, 5.41) is 0. The summed E-state index contributed by atoms with van der Waals surface area (Å²) in [6.45, 7) is 0. The van der Waals surface area contributed by atoms with Crippen LogP contribution in [0.3, 0.4) is 0 Å². The van der Waals surface area contributed by atoms with Gasteiger partial charge in [0.2, 0.25) is 0 Å². The van der Waals surface area contributed by atoms with Crippen molar-refractivity contribution in [1.82, 2.24) is 0 Å². The molecule has 0 heterocycles. The lowest BCUT2D eigenvalue weighted by Gasteiger charge is -1.98. The molecule has 0 aromatic rings. The zero-order valence-electron chi connectivity index (χ0n) is 4.63. The van der Waals surface area contributed by atoms with E-state index in [4.69, 9.17) is 5.73 Å². The van der Waals surface area contributed by atoms with Crippen molar-refractivity contribution >= 4 is 5.78 Å². The molecule has 2 N–H and O–H groups in total. The average Bonchev–Trinajstić information content (AvgIpc) is 2.13. The van der Waals surface area contributed by atoms with Crippen LogP contribution in [0.4, 0.5) is 0 Å². The third-order valence-corrected chi connectivity index (χ3v) is 2.29. The standard InChI is InChI=1S/C6H9NO/c7-4-2-1-3-5(4)6(3)8/h3-5H,1-2,7H2/t3-,4?,5?/m1/s1. The molecule has 0 bridgehead atoms. The lowest BCUT2D eigenvalue weighted by Crippen LogP contribution is -2.20. The second-order valence-electron chi connectivity index (χ2n) is 2.78. The van der Waals surface area contributed by atoms with Crippen LogP contribution in [0.2, 0.25) is 0 Å². The normalized spacial score (nSPS) is 51.6. The van der Waals surface area contributed by atoms with Crippen LogP contribution < -0.4 is 5.73 Å². The highest BCUT2D eigenvalue weighted by atomic mass is 16.1. The zero-order valence-corrected chi connectivity index (χ0v) is 4.63. The molecule has 2 aliphatic carbocycles. The third kappa shape index (κ3) is 0.348. The van der Waals surface area contributed by atoms with Gasteiger partial charge in [0.05, 0.1) is 0 Å². The molecule has 3 atom stereocenters. The van der Waals surface area contributed by atoms with Gasteiger partial charge in [0.15, 0.2) is 0 Å². The maximum Gasteiger partial charge on any atom is 0.142 e. The quantitative estimate of drug-likeness (QED) is 0.475. The highest BCUT2D eigenvalue weighted by Crippen LogP contribution is 2.46. The Morgan fingerprint density at radius 3 is 2.50 bits per heavy atom. The first-order valence-electron chi connectivity index (χ1n) is 3.10. The number of hydrogen-bond acceptors (Lipinski definition) is 2. The molecule has 0 aliphatic heterocycles. The molecule has 0 amide bonds. The van der Waals surface area contributed by atoms with Gasteiger partial charge in [-0.3, -0.25) is 4.79 Å². The van der Waals surface area contributed by atoms with Crippen molar-refractivity contribution in [3.05, 3.63) is 0 Å². The molecule has 2 saturated carbocycles. The number of Topliss-reactive ketones (excluding diaryl/α,β-unsaturated/α-hetero) is 1. The topological polar surface area (TPSA) is 43.1 Å². The van der Waals surface area contributed by atoms with Gasteiger partial charge in [-0.1, -0.05) is 0 Å². The minimum atomic E-state index is 0.215. The largest absolute Gasteiger partial charge is 0.327 e. The van der Waals surface area contributed by atoms with Gasteiger partial charge in [-0.05, 0) is 12.8 Å². The van der Waals surface area contributed by atoms with E-state index in [1.807, 2.05) is 0 Å². The first-order chi connectivity index (χ1) is 3.80. The van der Waals surface area contributed by atoms with Gasteiger partial charge in [0, 0.05) is 17.9 Å². The van der Waals surface area contributed by atoms with E-state index in [1.165, 1.54) is 0 Å². The molecule has 0 radical (unpaired) electrons. The Morgan fingerprint density at radius 1 is 1.50 bits per heavy atom. The van der Waals surface area contributed by atoms with Gasteiger partial charge in [-0.15, -0.1) is 0 Å². The van der Waals surface area contributed by atoms with Gasteiger partial charge in [-0.2, -0.15) is 0 Å². The molecular weight excluding hydrogens is 102 g/mol. The van der Waals surface area contributed by atoms with Gasteiger partial charge < -0.3 is 5.73 Å². The number of hydrogen-bond donors (Lipinski definition) is 1. The summed E-state index contributed by atoms with van der Waals surface area (Å²) in [6, 6.07) is 0.215. The van der Waals surface area contributed by atoms with E-state index in [2.05, 4.69) is 0 Å². The van der Waals surface area contributed by atoms with E-state index in [0.717, 1.165) is 12.8 Å². The van der Waals surface area contributed by atoms with E-state index < -0.39 is 0 Å². The van der Waals surface area contributed by atoms with Crippen LogP contribution in [0, 0.1) is 11.8 Å². The third-order valence-electron chi connectivity index (χ3n) is 2.29. The maximum absolute atomic E-state index is 10.6. The van der Waals surface area contributed by atoms with Crippen molar-refractivity contribution < 1.29 is 4.79 Å². The zero-order chi connectivity index (χ0) is 5.72. The summed E-state index contributed by atoms with van der Waals surface area (Å²) in [4.78, 5) is 10.6. The fourth-order valence-corrected chi connectivity index (χ4v) is 1.70. The minimum absolute atomic E-state index is 0.215. The maximum atomic E-state index is 10.6. The Labute approximate surface area is 48.1 Å². The number of nitrogens with two attached hydrogens (primary N) is 1. The van der Waals surface area contributed by atoms with Crippen molar-refractivity contribution in [3.63, 3.8) is 0 Å². The van der Waals surface area contributed by atoms with Gasteiger partial charge in [0.25, 0.3) is 0 Å². The molecular formula is C6H9NO. The summed E-state index contributed by atoms with van der Waals surface area (Å²) in [5.74, 6) is 1.10. The first kappa shape index (κ1) is 4.50. The Balaban J connectivity index is 2.17. The predicted molar refractivity (Wildman–Crippen MR) is 29.2 cm³/mol. The lowest BCUT2D eigenvalue weighted by atomic mass is 10.2. The molecule has 8 heavy (non-hydrogen) atoms. The summed E-state index contributed by atoms with van der Waals surface area (Å²) >= 11 is 0. The number of rotatable bonds is 0. The molecule has 2 nitrogen and oxygen atoms in total. The molecule has 0 spiro atoms. The number of carbonyl (C=O) groups excluding carboxylic acids is 1. The van der Waals surface area contributed by atoms with Crippen LogP contribution in [0.15, 0.2) is 0 Å². The number of carbonyl (C=O) groups is 1. The second-order valence-corrected chi connectivity index (χ2v) is 2.78. The summed E-state index contributed by atoms with van der Waals surface area (Å²) in [5.41, 5.74) is 5.59. The molecule has 0 aromatic carbocycles. The monoisotopic (exact) mass is 111 g/mol. The molecule has 2 unspecified atom stereocenters. The van der Waals surface area contributed by atoms with Crippen molar-refractivity contribution in [1.29, 1.82) is 0 Å². The smallest absolute Gasteiger partial charge is 0.142 e. The molecule has 2 aliphatic rings. The molecule has 2 heteroatoms. The van der Waals surface area contributed by atoms with E-state index in [1.54, 1.807) is 0 Å². The second kappa shape index (κ2) is 1.13. The van der Waals surface area contributed by atoms with E-state index >= 15 is 0 Å². The summed E-state index contributed by atoms with van der Waals surface area (Å²) in [7, 11) is 0. The van der Waals surface area contributed by atoms with Crippen LogP contribution >= 0.6 is 0 Å². The van der Waals surface area contributed by atoms with Crippen LogP contribution in [0.5, 0.6) is 0 Å². The SMILES string of the molecule is NC1CC[C@H]2C(=O)C12. The highest BCUT2D eigenvalue weighted by Gasteiger charge is 2.56. The predicted octanol–water partition coefficient (Wildman–Crippen LogP) is -0.0774. The molecule has 2 fully saturated rings. The molecule has 0 saturated heterocycles. The molecule has 44 valence electrons. The number of ketones is 1. The van der Waals surface area contributed by atoms with Crippen molar-refractivity contribution in [2.45, 2.75) is 18.9 Å². The lowest BCUT2D eigenvalue weighted by molar-refractivity contribution is -0.112. The van der Waals surface area contributed by atoms with Gasteiger partial charge in [0.1, 0.15) is 5.78 Å². The Morgan fingerprint density at radius 2 is 2.25 bits per heavy atom. The minimum Gasteiger partial charge on any atom is -0.327 e. The number of fused-ring (bicyclic) bond motifs is 1. The van der Waals surface area contributed by atoms with Crippen molar-refractivity contribution in [2.24, 2.45) is 17.6 Å². The molecule has 2 rings (SSSR count). The molecule has 0 aromatic heterocycles. The fraction of sp³-hybridized carbons (Fsp3) is 0.833. The fourth-order valence-electron chi connectivity index (χ4n) is 1.70. The van der Waals surface area contributed by atoms with Crippen LogP contribution in [0.25, 0.3) is 0 Å². The highest BCUT2D eigenvalue weighted by molar-refractivity contribution is 6.00. The van der Waals surface area contributed by atoms with Crippen LogP contribution in [0.1, 0.15) is 12.8 Å². The summed E-state index contributed by atoms with van der Waals surface area (Å²) in [6.07, 6.45) is 2.13. The van der Waals surface area contributed by atoms with Crippen molar-refractivity contribution in [3.8, 4) is 0 Å².